The van der Waals surface area contributed by atoms with Gasteiger partial charge in [0.15, 0.2) is 0 Å². The summed E-state index contributed by atoms with van der Waals surface area (Å²) in [5.74, 6) is -0.400. The molecule has 3 rings (SSSR count). The van der Waals surface area contributed by atoms with Crippen molar-refractivity contribution < 1.29 is 13.9 Å². The molecular weight excluding hydrogens is 332 g/mol. The minimum absolute atomic E-state index is 0.00669. The average Bonchev–Trinajstić information content (AvgIpc) is 2.65. The van der Waals surface area contributed by atoms with E-state index in [0.29, 0.717) is 16.8 Å². The third kappa shape index (κ3) is 3.92. The molecule has 0 spiro atoms. The number of ether oxygens (including phenoxy) is 1. The van der Waals surface area contributed by atoms with Gasteiger partial charge in [-0.15, -0.1) is 0 Å². The lowest BCUT2D eigenvalue weighted by molar-refractivity contribution is -0.139. The van der Waals surface area contributed by atoms with Gasteiger partial charge in [-0.25, -0.2) is 4.79 Å². The quantitative estimate of drug-likeness (QED) is 0.524. The Morgan fingerprint density at radius 1 is 1.12 bits per heavy atom. The molecular formula is C20H20N2O4. The molecule has 0 fully saturated rings. The standard InChI is InChI=1S/C20H20N2O4/c1-13-7-9-14(10-8-13)22-19-15-5-3-4-6-17(15)26-20(24)16(19)11-21-12-18(23)25-2/h3-10,21-22H,11-12H2,1-2H3. The summed E-state index contributed by atoms with van der Waals surface area (Å²) in [4.78, 5) is 23.8. The number of esters is 1. The maximum Gasteiger partial charge on any atom is 0.342 e. The number of para-hydroxylation sites is 1. The van der Waals surface area contributed by atoms with Crippen LogP contribution in [0.5, 0.6) is 0 Å². The Hall–Kier alpha value is -3.12. The summed E-state index contributed by atoms with van der Waals surface area (Å²) in [5.41, 5.74) is 3.15. The molecule has 1 aromatic heterocycles. The van der Waals surface area contributed by atoms with E-state index in [0.717, 1.165) is 16.6 Å². The van der Waals surface area contributed by atoms with E-state index in [2.05, 4.69) is 15.4 Å². The second kappa shape index (κ2) is 7.84. The molecule has 0 saturated carbocycles. The molecule has 6 nitrogen and oxygen atoms in total. The highest BCUT2D eigenvalue weighted by Crippen LogP contribution is 2.28. The number of anilines is 2. The van der Waals surface area contributed by atoms with Crippen LogP contribution >= 0.6 is 0 Å². The van der Waals surface area contributed by atoms with E-state index in [1.807, 2.05) is 49.4 Å². The third-order valence-electron chi connectivity index (χ3n) is 4.03. The van der Waals surface area contributed by atoms with Crippen molar-refractivity contribution in [1.82, 2.24) is 5.32 Å². The van der Waals surface area contributed by atoms with Crippen molar-refractivity contribution in [3.05, 3.63) is 70.1 Å². The van der Waals surface area contributed by atoms with Gasteiger partial charge >= 0.3 is 11.6 Å². The van der Waals surface area contributed by atoms with Gasteiger partial charge in [-0.1, -0.05) is 29.8 Å². The van der Waals surface area contributed by atoms with Crippen molar-refractivity contribution >= 4 is 28.3 Å². The Bertz CT molecular complexity index is 977. The second-order valence-electron chi connectivity index (χ2n) is 5.91. The third-order valence-corrected chi connectivity index (χ3v) is 4.03. The van der Waals surface area contributed by atoms with Crippen LogP contribution in [0.3, 0.4) is 0 Å². The van der Waals surface area contributed by atoms with Crippen LogP contribution in [0.1, 0.15) is 11.1 Å². The van der Waals surface area contributed by atoms with Crippen LogP contribution in [0.25, 0.3) is 11.0 Å². The highest BCUT2D eigenvalue weighted by Gasteiger charge is 2.15. The molecule has 6 heteroatoms. The summed E-state index contributed by atoms with van der Waals surface area (Å²) in [6.07, 6.45) is 0. The molecule has 3 aromatic rings. The molecule has 0 aliphatic rings. The highest BCUT2D eigenvalue weighted by molar-refractivity contribution is 5.93. The fourth-order valence-corrected chi connectivity index (χ4v) is 2.63. The highest BCUT2D eigenvalue weighted by atomic mass is 16.5. The van der Waals surface area contributed by atoms with Gasteiger partial charge in [-0.05, 0) is 31.2 Å². The topological polar surface area (TPSA) is 80.6 Å². The number of carbonyl (C=O) groups is 1. The van der Waals surface area contributed by atoms with Gasteiger partial charge < -0.3 is 19.8 Å². The van der Waals surface area contributed by atoms with E-state index < -0.39 is 11.6 Å². The molecule has 0 bridgehead atoms. The molecule has 0 saturated heterocycles. The molecule has 0 radical (unpaired) electrons. The van der Waals surface area contributed by atoms with Crippen molar-refractivity contribution in [2.45, 2.75) is 13.5 Å². The van der Waals surface area contributed by atoms with Gasteiger partial charge in [0.1, 0.15) is 5.58 Å². The summed E-state index contributed by atoms with van der Waals surface area (Å²) in [6, 6.07) is 15.2. The molecule has 2 aromatic carbocycles. The SMILES string of the molecule is COC(=O)CNCc1c(Nc2ccc(C)cc2)c2ccccc2oc1=O. The number of fused-ring (bicyclic) bond motifs is 1. The smallest absolute Gasteiger partial charge is 0.342 e. The monoisotopic (exact) mass is 352 g/mol. The minimum atomic E-state index is -0.448. The van der Waals surface area contributed by atoms with Crippen LogP contribution in [0.15, 0.2) is 57.7 Å². The molecule has 0 aliphatic carbocycles. The first-order valence-corrected chi connectivity index (χ1v) is 8.24. The maximum absolute atomic E-state index is 12.5. The number of nitrogens with one attached hydrogen (secondary N) is 2. The molecule has 0 aliphatic heterocycles. The van der Waals surface area contributed by atoms with E-state index in [1.54, 1.807) is 6.07 Å². The first-order chi connectivity index (χ1) is 12.6. The van der Waals surface area contributed by atoms with Crippen LogP contribution in [-0.4, -0.2) is 19.6 Å². The fraction of sp³-hybridized carbons (Fsp3) is 0.200. The molecule has 0 amide bonds. The van der Waals surface area contributed by atoms with Gasteiger partial charge in [0.05, 0.1) is 24.9 Å². The number of hydrogen-bond donors (Lipinski definition) is 2. The van der Waals surface area contributed by atoms with E-state index >= 15 is 0 Å². The zero-order valence-electron chi connectivity index (χ0n) is 14.7. The van der Waals surface area contributed by atoms with E-state index in [9.17, 15) is 9.59 Å². The predicted molar refractivity (Wildman–Crippen MR) is 101 cm³/mol. The van der Waals surface area contributed by atoms with Gasteiger partial charge in [-0.2, -0.15) is 0 Å². The molecule has 26 heavy (non-hydrogen) atoms. The lowest BCUT2D eigenvalue weighted by Crippen LogP contribution is -2.26. The van der Waals surface area contributed by atoms with Crippen molar-refractivity contribution in [3.8, 4) is 0 Å². The summed E-state index contributed by atoms with van der Waals surface area (Å²) in [5, 5.41) is 7.03. The molecule has 0 unspecified atom stereocenters. The van der Waals surface area contributed by atoms with Crippen LogP contribution < -0.4 is 16.3 Å². The first kappa shape index (κ1) is 17.7. The van der Waals surface area contributed by atoms with Crippen LogP contribution in [-0.2, 0) is 16.1 Å². The van der Waals surface area contributed by atoms with Gasteiger partial charge in [0.2, 0.25) is 0 Å². The summed E-state index contributed by atoms with van der Waals surface area (Å²) < 4.78 is 10.0. The second-order valence-corrected chi connectivity index (χ2v) is 5.91. The van der Waals surface area contributed by atoms with E-state index in [1.165, 1.54) is 7.11 Å². The number of hydrogen-bond acceptors (Lipinski definition) is 6. The largest absolute Gasteiger partial charge is 0.468 e. The number of methoxy groups -OCH3 is 1. The van der Waals surface area contributed by atoms with Crippen LogP contribution in [0.2, 0.25) is 0 Å². The lowest BCUT2D eigenvalue weighted by Gasteiger charge is -2.14. The number of rotatable bonds is 6. The number of aryl methyl sites for hydroxylation is 1. The van der Waals surface area contributed by atoms with Gasteiger partial charge in [-0.3, -0.25) is 4.79 Å². The lowest BCUT2D eigenvalue weighted by atomic mass is 10.1. The van der Waals surface area contributed by atoms with Crippen LogP contribution in [0.4, 0.5) is 11.4 Å². The van der Waals surface area contributed by atoms with Gasteiger partial charge in [0, 0.05) is 17.6 Å². The number of carbonyl (C=O) groups excluding carboxylic acids is 1. The molecule has 0 atom stereocenters. The van der Waals surface area contributed by atoms with Gasteiger partial charge in [0.25, 0.3) is 0 Å². The van der Waals surface area contributed by atoms with Crippen molar-refractivity contribution in [2.24, 2.45) is 0 Å². The Labute approximate surface area is 150 Å². The Morgan fingerprint density at radius 2 is 1.85 bits per heavy atom. The Balaban J connectivity index is 2.01. The van der Waals surface area contributed by atoms with Crippen molar-refractivity contribution in [1.29, 1.82) is 0 Å². The molecule has 134 valence electrons. The summed E-state index contributed by atoms with van der Waals surface area (Å²) >= 11 is 0. The predicted octanol–water partition coefficient (Wildman–Crippen LogP) is 3.11. The minimum Gasteiger partial charge on any atom is -0.468 e. The Kier molecular flexibility index (Phi) is 5.34. The molecule has 1 heterocycles. The zero-order chi connectivity index (χ0) is 18.5. The normalized spacial score (nSPS) is 10.7. The van der Waals surface area contributed by atoms with E-state index in [-0.39, 0.29) is 13.1 Å². The molecule has 2 N–H and O–H groups in total. The average molecular weight is 352 g/mol. The summed E-state index contributed by atoms with van der Waals surface area (Å²) in [6.45, 7) is 2.20. The maximum atomic E-state index is 12.5. The number of benzene rings is 2. The Morgan fingerprint density at radius 3 is 2.58 bits per heavy atom. The van der Waals surface area contributed by atoms with Crippen molar-refractivity contribution in [2.75, 3.05) is 19.0 Å². The van der Waals surface area contributed by atoms with Crippen molar-refractivity contribution in [3.63, 3.8) is 0 Å². The van der Waals surface area contributed by atoms with E-state index in [4.69, 9.17) is 4.42 Å². The fourth-order valence-electron chi connectivity index (χ4n) is 2.63. The summed E-state index contributed by atoms with van der Waals surface area (Å²) in [7, 11) is 1.32. The zero-order valence-corrected chi connectivity index (χ0v) is 14.7. The van der Waals surface area contributed by atoms with Crippen LogP contribution in [0, 0.1) is 6.92 Å². The first-order valence-electron chi connectivity index (χ1n) is 8.24.